The molecule has 1 unspecified atom stereocenters. The molecule has 1 aromatic rings. The molecule has 6 heteroatoms. The number of para-hydroxylation sites is 1. The molecule has 1 heterocycles. The van der Waals surface area contributed by atoms with E-state index in [1.54, 1.807) is 0 Å². The van der Waals surface area contributed by atoms with Crippen LogP contribution in [0.15, 0.2) is 24.3 Å². The second-order valence-electron chi connectivity index (χ2n) is 5.74. The van der Waals surface area contributed by atoms with E-state index in [0.29, 0.717) is 19.4 Å². The number of anilines is 1. The first-order valence-corrected chi connectivity index (χ1v) is 7.13. The van der Waals surface area contributed by atoms with Gasteiger partial charge in [-0.1, -0.05) is 18.2 Å². The van der Waals surface area contributed by atoms with Crippen LogP contribution in [-0.4, -0.2) is 36.1 Å². The van der Waals surface area contributed by atoms with Gasteiger partial charge in [-0.15, -0.1) is 0 Å². The van der Waals surface area contributed by atoms with E-state index in [1.165, 1.54) is 0 Å². The Labute approximate surface area is 121 Å². The number of nitrogens with zero attached hydrogens (tertiary/aromatic N) is 1. The average molecular weight is 298 g/mol. The highest BCUT2D eigenvalue weighted by molar-refractivity contribution is 5.79. The third kappa shape index (κ3) is 3.31. The van der Waals surface area contributed by atoms with Gasteiger partial charge in [-0.2, -0.15) is 13.2 Å². The molecule has 1 saturated carbocycles. The van der Waals surface area contributed by atoms with E-state index in [1.807, 2.05) is 24.3 Å². The number of rotatable bonds is 4. The lowest BCUT2D eigenvalue weighted by Crippen LogP contribution is -2.41. The summed E-state index contributed by atoms with van der Waals surface area (Å²) in [6.07, 6.45) is -2.83. The molecule has 2 aliphatic rings. The number of carbonyl (C=O) groups excluding carboxylic acids is 1. The van der Waals surface area contributed by atoms with E-state index < -0.39 is 18.6 Å². The topological polar surface area (TPSA) is 32.3 Å². The smallest absolute Gasteiger partial charge is 0.384 e. The van der Waals surface area contributed by atoms with Crippen LogP contribution in [-0.2, 0) is 4.79 Å². The maximum Gasteiger partial charge on any atom is 0.406 e. The Hall–Kier alpha value is -1.72. The minimum Gasteiger partial charge on any atom is -0.384 e. The fraction of sp³-hybridized carbons (Fsp3) is 0.533. The van der Waals surface area contributed by atoms with E-state index >= 15 is 0 Å². The third-order valence-corrected chi connectivity index (χ3v) is 4.02. The van der Waals surface area contributed by atoms with Crippen LogP contribution < -0.4 is 5.32 Å². The SMILES string of the molecule is O=C(CC1CNc2ccccc21)N(CC(F)(F)F)C1CC1. The Kier molecular flexibility index (Phi) is 3.55. The first kappa shape index (κ1) is 14.2. The van der Waals surface area contributed by atoms with E-state index in [9.17, 15) is 18.0 Å². The Balaban J connectivity index is 1.68. The highest BCUT2D eigenvalue weighted by atomic mass is 19.4. The molecule has 3 nitrogen and oxygen atoms in total. The first-order valence-electron chi connectivity index (χ1n) is 7.13. The summed E-state index contributed by atoms with van der Waals surface area (Å²) < 4.78 is 37.8. The maximum atomic E-state index is 12.6. The lowest BCUT2D eigenvalue weighted by Gasteiger charge is -2.25. The van der Waals surface area contributed by atoms with Gasteiger partial charge in [0.15, 0.2) is 0 Å². The number of nitrogens with one attached hydrogen (secondary N) is 1. The fourth-order valence-electron chi connectivity index (χ4n) is 2.87. The molecule has 1 aliphatic carbocycles. The summed E-state index contributed by atoms with van der Waals surface area (Å²) >= 11 is 0. The minimum atomic E-state index is -4.33. The molecule has 0 spiro atoms. The molecule has 1 aliphatic heterocycles. The molecule has 1 amide bonds. The predicted octanol–water partition coefficient (Wildman–Crippen LogP) is 3.14. The molecule has 114 valence electrons. The van der Waals surface area contributed by atoms with Crippen molar-refractivity contribution in [3.05, 3.63) is 29.8 Å². The molecule has 0 aromatic heterocycles. The largest absolute Gasteiger partial charge is 0.406 e. The Morgan fingerprint density at radius 1 is 1.29 bits per heavy atom. The summed E-state index contributed by atoms with van der Waals surface area (Å²) in [4.78, 5) is 13.3. The highest BCUT2D eigenvalue weighted by Crippen LogP contribution is 2.36. The number of halogens is 3. The molecule has 21 heavy (non-hydrogen) atoms. The summed E-state index contributed by atoms with van der Waals surface area (Å²) in [5.74, 6) is -0.429. The number of hydrogen-bond donors (Lipinski definition) is 1. The first-order chi connectivity index (χ1) is 9.94. The van der Waals surface area contributed by atoms with Crippen molar-refractivity contribution in [2.45, 2.75) is 37.4 Å². The summed E-state index contributed by atoms with van der Waals surface area (Å²) in [6, 6.07) is 7.42. The van der Waals surface area contributed by atoms with Crippen LogP contribution in [0.5, 0.6) is 0 Å². The van der Waals surface area contributed by atoms with Crippen LogP contribution >= 0.6 is 0 Å². The van der Waals surface area contributed by atoms with Crippen molar-refractivity contribution in [2.75, 3.05) is 18.4 Å². The minimum absolute atomic E-state index is 0.0387. The number of benzene rings is 1. The van der Waals surface area contributed by atoms with Crippen LogP contribution in [0.2, 0.25) is 0 Å². The van der Waals surface area contributed by atoms with Crippen LogP contribution in [0.25, 0.3) is 0 Å². The number of alkyl halides is 3. The second-order valence-corrected chi connectivity index (χ2v) is 5.74. The van der Waals surface area contributed by atoms with Gasteiger partial charge in [-0.3, -0.25) is 4.79 Å². The molecular weight excluding hydrogens is 281 g/mol. The monoisotopic (exact) mass is 298 g/mol. The van der Waals surface area contributed by atoms with Gasteiger partial charge < -0.3 is 10.2 Å². The Bertz CT molecular complexity index is 540. The van der Waals surface area contributed by atoms with E-state index in [0.717, 1.165) is 16.2 Å². The van der Waals surface area contributed by atoms with Crippen molar-refractivity contribution in [2.24, 2.45) is 0 Å². The van der Waals surface area contributed by atoms with Crippen molar-refractivity contribution in [1.29, 1.82) is 0 Å². The number of hydrogen-bond acceptors (Lipinski definition) is 2. The van der Waals surface area contributed by atoms with Gasteiger partial charge in [0.2, 0.25) is 5.91 Å². The van der Waals surface area contributed by atoms with Crippen molar-refractivity contribution >= 4 is 11.6 Å². The quantitative estimate of drug-likeness (QED) is 0.926. The van der Waals surface area contributed by atoms with Crippen LogP contribution in [0, 0.1) is 0 Å². The zero-order chi connectivity index (χ0) is 15.0. The van der Waals surface area contributed by atoms with Gasteiger partial charge in [-0.05, 0) is 24.5 Å². The van der Waals surface area contributed by atoms with Gasteiger partial charge >= 0.3 is 6.18 Å². The lowest BCUT2D eigenvalue weighted by atomic mass is 9.97. The molecule has 3 rings (SSSR count). The van der Waals surface area contributed by atoms with Crippen LogP contribution in [0.1, 0.15) is 30.7 Å². The summed E-state index contributed by atoms with van der Waals surface area (Å²) in [5.41, 5.74) is 2.00. The molecule has 1 N–H and O–H groups in total. The van der Waals surface area contributed by atoms with E-state index in [4.69, 9.17) is 0 Å². The fourth-order valence-corrected chi connectivity index (χ4v) is 2.87. The van der Waals surface area contributed by atoms with Crippen molar-refractivity contribution in [3.63, 3.8) is 0 Å². The molecule has 0 radical (unpaired) electrons. The van der Waals surface area contributed by atoms with Crippen LogP contribution in [0.4, 0.5) is 18.9 Å². The summed E-state index contributed by atoms with van der Waals surface area (Å²) in [6.45, 7) is -0.520. The molecule has 1 atom stereocenters. The predicted molar refractivity (Wildman–Crippen MR) is 73.1 cm³/mol. The molecule has 0 bridgehead atoms. The van der Waals surface area contributed by atoms with E-state index in [-0.39, 0.29) is 18.4 Å². The van der Waals surface area contributed by atoms with E-state index in [2.05, 4.69) is 5.32 Å². The van der Waals surface area contributed by atoms with Gasteiger partial charge in [0, 0.05) is 30.6 Å². The lowest BCUT2D eigenvalue weighted by molar-refractivity contribution is -0.162. The number of fused-ring (bicyclic) bond motifs is 1. The molecule has 1 fully saturated rings. The normalized spacial score (nSPS) is 20.8. The molecular formula is C15H17F3N2O. The Morgan fingerprint density at radius 2 is 2.00 bits per heavy atom. The second kappa shape index (κ2) is 5.24. The van der Waals surface area contributed by atoms with Gasteiger partial charge in [0.05, 0.1) is 0 Å². The average Bonchev–Trinajstić information content (AvgIpc) is 3.18. The standard InChI is InChI=1S/C15H17F3N2O/c16-15(17,18)9-20(11-5-6-11)14(21)7-10-8-19-13-4-2-1-3-12(10)13/h1-4,10-11,19H,5-9H2. The van der Waals surface area contributed by atoms with Crippen molar-refractivity contribution in [1.82, 2.24) is 4.90 Å². The van der Waals surface area contributed by atoms with Gasteiger partial charge in [0.25, 0.3) is 0 Å². The molecule has 1 aromatic carbocycles. The summed E-state index contributed by atoms with van der Waals surface area (Å²) in [5, 5.41) is 3.19. The third-order valence-electron chi connectivity index (χ3n) is 4.02. The van der Waals surface area contributed by atoms with Gasteiger partial charge in [0.1, 0.15) is 6.54 Å². The highest BCUT2D eigenvalue weighted by Gasteiger charge is 2.41. The van der Waals surface area contributed by atoms with Crippen molar-refractivity contribution < 1.29 is 18.0 Å². The Morgan fingerprint density at radius 3 is 2.67 bits per heavy atom. The number of carbonyl (C=O) groups is 1. The van der Waals surface area contributed by atoms with Gasteiger partial charge in [-0.25, -0.2) is 0 Å². The van der Waals surface area contributed by atoms with Crippen LogP contribution in [0.3, 0.4) is 0 Å². The molecule has 0 saturated heterocycles. The maximum absolute atomic E-state index is 12.6. The zero-order valence-corrected chi connectivity index (χ0v) is 11.5. The number of amides is 1. The van der Waals surface area contributed by atoms with Crippen molar-refractivity contribution in [3.8, 4) is 0 Å². The zero-order valence-electron chi connectivity index (χ0n) is 11.5. The summed E-state index contributed by atoms with van der Waals surface area (Å²) in [7, 11) is 0.